The highest BCUT2D eigenvalue weighted by Crippen LogP contribution is 2.34. The summed E-state index contributed by atoms with van der Waals surface area (Å²) in [5.74, 6) is 0. The standard InChI is InChI=1S/C25H24ClN3O2/c1-17(18-3-2-4-20(26)13-18)29-8-7-19(14-25(29)30)22-5-6-24-23(22)15-21(16-27-24)28-9-11-31-12-10-28/h2-5,7-8,13-17H,6,9-12H2,1H3. The molecule has 1 saturated heterocycles. The van der Waals surface area contributed by atoms with Crippen LogP contribution in [0.5, 0.6) is 0 Å². The highest BCUT2D eigenvalue weighted by molar-refractivity contribution is 6.30. The number of anilines is 1. The van der Waals surface area contributed by atoms with Crippen LogP contribution in [0.3, 0.4) is 0 Å². The number of hydrogen-bond donors (Lipinski definition) is 0. The normalized spacial score (nSPS) is 16.7. The first-order chi connectivity index (χ1) is 15.1. The summed E-state index contributed by atoms with van der Waals surface area (Å²) >= 11 is 6.13. The van der Waals surface area contributed by atoms with E-state index in [4.69, 9.17) is 21.3 Å². The van der Waals surface area contributed by atoms with Crippen molar-refractivity contribution in [3.8, 4) is 0 Å². The van der Waals surface area contributed by atoms with Crippen LogP contribution in [-0.2, 0) is 11.2 Å². The molecule has 2 aliphatic rings. The number of aromatic nitrogens is 2. The molecule has 0 bridgehead atoms. The first kappa shape index (κ1) is 20.0. The van der Waals surface area contributed by atoms with Crippen molar-refractivity contribution in [3.63, 3.8) is 0 Å². The smallest absolute Gasteiger partial charge is 0.251 e. The Hall–Kier alpha value is -2.89. The van der Waals surface area contributed by atoms with Gasteiger partial charge < -0.3 is 14.2 Å². The zero-order chi connectivity index (χ0) is 21.4. The van der Waals surface area contributed by atoms with Crippen molar-refractivity contribution in [1.82, 2.24) is 9.55 Å². The minimum Gasteiger partial charge on any atom is -0.378 e. The van der Waals surface area contributed by atoms with Gasteiger partial charge in [0, 0.05) is 42.4 Å². The van der Waals surface area contributed by atoms with Crippen LogP contribution < -0.4 is 10.5 Å². The molecule has 1 unspecified atom stereocenters. The fourth-order valence-corrected chi connectivity index (χ4v) is 4.56. The Labute approximate surface area is 186 Å². The molecule has 0 N–H and O–H groups in total. The Kier molecular flexibility index (Phi) is 5.38. The van der Waals surface area contributed by atoms with Gasteiger partial charge in [-0.1, -0.05) is 29.8 Å². The van der Waals surface area contributed by atoms with Gasteiger partial charge in [-0.3, -0.25) is 9.78 Å². The molecule has 158 valence electrons. The second-order valence-corrected chi connectivity index (χ2v) is 8.44. The summed E-state index contributed by atoms with van der Waals surface area (Å²) < 4.78 is 7.21. The number of ether oxygens (including phenoxy) is 1. The van der Waals surface area contributed by atoms with Gasteiger partial charge in [0.25, 0.3) is 5.56 Å². The highest BCUT2D eigenvalue weighted by Gasteiger charge is 2.21. The van der Waals surface area contributed by atoms with E-state index in [1.54, 1.807) is 10.6 Å². The molecule has 1 aliphatic carbocycles. The predicted molar refractivity (Wildman–Crippen MR) is 124 cm³/mol. The second-order valence-electron chi connectivity index (χ2n) is 8.00. The lowest BCUT2D eigenvalue weighted by atomic mass is 10.0. The average Bonchev–Trinajstić information content (AvgIpc) is 3.22. The molecule has 5 rings (SSSR count). The van der Waals surface area contributed by atoms with Gasteiger partial charge >= 0.3 is 0 Å². The van der Waals surface area contributed by atoms with Crippen molar-refractivity contribution >= 4 is 22.9 Å². The third kappa shape index (κ3) is 3.91. The lowest BCUT2D eigenvalue weighted by molar-refractivity contribution is 0.122. The number of benzene rings is 1. The van der Waals surface area contributed by atoms with Gasteiger partial charge in [0.15, 0.2) is 0 Å². The molecular formula is C25H24ClN3O2. The van der Waals surface area contributed by atoms with Gasteiger partial charge in [-0.05, 0) is 47.9 Å². The maximum absolute atomic E-state index is 13.0. The van der Waals surface area contributed by atoms with Crippen LogP contribution in [0.1, 0.15) is 35.3 Å². The van der Waals surface area contributed by atoms with E-state index in [0.29, 0.717) is 5.02 Å². The van der Waals surface area contributed by atoms with Crippen LogP contribution >= 0.6 is 11.6 Å². The van der Waals surface area contributed by atoms with Crippen molar-refractivity contribution in [1.29, 1.82) is 0 Å². The van der Waals surface area contributed by atoms with E-state index in [1.165, 1.54) is 0 Å². The first-order valence-electron chi connectivity index (χ1n) is 10.6. The molecule has 3 aromatic rings. The zero-order valence-electron chi connectivity index (χ0n) is 17.4. The van der Waals surface area contributed by atoms with Crippen molar-refractivity contribution in [2.24, 2.45) is 0 Å². The Balaban J connectivity index is 1.45. The van der Waals surface area contributed by atoms with Gasteiger partial charge in [-0.2, -0.15) is 0 Å². The molecule has 5 nitrogen and oxygen atoms in total. The third-order valence-electron chi connectivity index (χ3n) is 6.13. The van der Waals surface area contributed by atoms with E-state index >= 15 is 0 Å². The van der Waals surface area contributed by atoms with Crippen molar-refractivity contribution in [3.05, 3.63) is 98.7 Å². The fourth-order valence-electron chi connectivity index (χ4n) is 4.36. The number of halogens is 1. The fraction of sp³-hybridized carbons (Fsp3) is 0.280. The monoisotopic (exact) mass is 433 g/mol. The summed E-state index contributed by atoms with van der Waals surface area (Å²) in [7, 11) is 0. The maximum atomic E-state index is 13.0. The topological polar surface area (TPSA) is 47.4 Å². The SMILES string of the molecule is CC(c1cccc(Cl)c1)n1ccc(C2=CCc3ncc(N4CCOCC4)cc32)cc1=O. The number of hydrogen-bond acceptors (Lipinski definition) is 4. The van der Waals surface area contributed by atoms with Gasteiger partial charge in [-0.15, -0.1) is 0 Å². The summed E-state index contributed by atoms with van der Waals surface area (Å²) in [6, 6.07) is 13.5. The molecular weight excluding hydrogens is 410 g/mol. The van der Waals surface area contributed by atoms with Gasteiger partial charge in [0.05, 0.1) is 36.8 Å². The van der Waals surface area contributed by atoms with Crippen LogP contribution in [0.15, 0.2) is 65.7 Å². The van der Waals surface area contributed by atoms with E-state index in [1.807, 2.05) is 49.6 Å². The van der Waals surface area contributed by atoms with E-state index in [-0.39, 0.29) is 11.6 Å². The van der Waals surface area contributed by atoms with Crippen molar-refractivity contribution < 1.29 is 4.74 Å². The quantitative estimate of drug-likeness (QED) is 0.614. The molecule has 1 aromatic carbocycles. The molecule has 1 atom stereocenters. The number of allylic oxidation sites excluding steroid dienone is 1. The van der Waals surface area contributed by atoms with Gasteiger partial charge in [-0.25, -0.2) is 0 Å². The first-order valence-corrected chi connectivity index (χ1v) is 11.0. The molecule has 1 fully saturated rings. The summed E-state index contributed by atoms with van der Waals surface area (Å²) in [5.41, 5.74) is 6.27. The van der Waals surface area contributed by atoms with E-state index in [0.717, 1.165) is 66.4 Å². The number of morpholine rings is 1. The Morgan fingerprint density at radius 1 is 1.13 bits per heavy atom. The second kappa shape index (κ2) is 8.33. The number of fused-ring (bicyclic) bond motifs is 1. The lowest BCUT2D eigenvalue weighted by Gasteiger charge is -2.29. The number of pyridine rings is 2. The van der Waals surface area contributed by atoms with Gasteiger partial charge in [0.2, 0.25) is 0 Å². The zero-order valence-corrected chi connectivity index (χ0v) is 18.2. The third-order valence-corrected chi connectivity index (χ3v) is 6.36. The molecule has 0 radical (unpaired) electrons. The minimum absolute atomic E-state index is 0.0309. The Morgan fingerprint density at radius 2 is 1.97 bits per heavy atom. The molecule has 0 amide bonds. The van der Waals surface area contributed by atoms with Crippen molar-refractivity contribution in [2.75, 3.05) is 31.2 Å². The van der Waals surface area contributed by atoms with Crippen LogP contribution in [0.4, 0.5) is 5.69 Å². The number of nitrogens with zero attached hydrogens (tertiary/aromatic N) is 3. The van der Waals surface area contributed by atoms with E-state index in [2.05, 4.69) is 17.0 Å². The average molecular weight is 434 g/mol. The van der Waals surface area contributed by atoms with E-state index < -0.39 is 0 Å². The van der Waals surface area contributed by atoms with Crippen LogP contribution in [-0.4, -0.2) is 35.9 Å². The van der Waals surface area contributed by atoms with Crippen molar-refractivity contribution in [2.45, 2.75) is 19.4 Å². The summed E-state index contributed by atoms with van der Waals surface area (Å²) in [6.07, 6.45) is 6.78. The molecule has 6 heteroatoms. The van der Waals surface area contributed by atoms with Crippen LogP contribution in [0.2, 0.25) is 5.02 Å². The van der Waals surface area contributed by atoms with Gasteiger partial charge in [0.1, 0.15) is 0 Å². The minimum atomic E-state index is -0.0975. The number of rotatable bonds is 4. The molecule has 1 aliphatic heterocycles. The maximum Gasteiger partial charge on any atom is 0.251 e. The molecule has 31 heavy (non-hydrogen) atoms. The van der Waals surface area contributed by atoms with E-state index in [9.17, 15) is 4.79 Å². The summed E-state index contributed by atoms with van der Waals surface area (Å²) in [4.78, 5) is 20.0. The lowest BCUT2D eigenvalue weighted by Crippen LogP contribution is -2.36. The molecule has 3 heterocycles. The predicted octanol–water partition coefficient (Wildman–Crippen LogP) is 4.33. The highest BCUT2D eigenvalue weighted by atomic mass is 35.5. The summed E-state index contributed by atoms with van der Waals surface area (Å²) in [5, 5.41) is 0.672. The largest absolute Gasteiger partial charge is 0.378 e. The Bertz CT molecular complexity index is 1210. The molecule has 0 spiro atoms. The molecule has 2 aromatic heterocycles. The summed E-state index contributed by atoms with van der Waals surface area (Å²) in [6.45, 7) is 5.23. The molecule has 0 saturated carbocycles. The van der Waals surface area contributed by atoms with Crippen LogP contribution in [0, 0.1) is 0 Å². The Morgan fingerprint density at radius 3 is 2.74 bits per heavy atom. The van der Waals surface area contributed by atoms with Crippen LogP contribution in [0.25, 0.3) is 5.57 Å².